The molecule has 4 aromatic rings. The van der Waals surface area contributed by atoms with Gasteiger partial charge >= 0.3 is 0 Å². The molecule has 0 aliphatic carbocycles. The van der Waals surface area contributed by atoms with Crippen LogP contribution in [-0.4, -0.2) is 15.6 Å². The highest BCUT2D eigenvalue weighted by molar-refractivity contribution is 6.13. The quantitative estimate of drug-likeness (QED) is 0.616. The van der Waals surface area contributed by atoms with Crippen LogP contribution in [0.1, 0.15) is 21.8 Å². The second-order valence-electron chi connectivity index (χ2n) is 6.13. The summed E-state index contributed by atoms with van der Waals surface area (Å²) >= 11 is 0. The lowest BCUT2D eigenvalue weighted by atomic mass is 10.0. The Balaban J connectivity index is 2.21. The summed E-state index contributed by atoms with van der Waals surface area (Å²) in [6.45, 7) is 3.61. The Morgan fingerprint density at radius 3 is 2.42 bits per heavy atom. The third-order valence-corrected chi connectivity index (χ3v) is 4.49. The van der Waals surface area contributed by atoms with Gasteiger partial charge in [-0.25, -0.2) is 0 Å². The molecular weight excluding hydrogens is 330 g/mol. The molecule has 0 fully saturated rings. The van der Waals surface area contributed by atoms with Crippen LogP contribution in [0.4, 0.5) is 0 Å². The largest absolute Gasteiger partial charge is 0.872 e. The highest BCUT2D eigenvalue weighted by Gasteiger charge is 2.27. The van der Waals surface area contributed by atoms with Gasteiger partial charge in [-0.05, 0) is 32.0 Å². The number of amides is 1. The van der Waals surface area contributed by atoms with Crippen molar-refractivity contribution in [2.24, 2.45) is 5.73 Å². The van der Waals surface area contributed by atoms with E-state index in [1.165, 1.54) is 12.1 Å². The zero-order chi connectivity index (χ0) is 18.4. The standard InChI is InChI=1S/C20H17N3O3/c1-11-17(12(2)26-22-11)19-18(20(21)25)15-5-3-4-6-16(15)23(19)13-7-9-14(24)10-8-13/h3-10,24H,1-2H3,(H2,21,25)/p-1. The number of para-hydroxylation sites is 1. The van der Waals surface area contributed by atoms with Gasteiger partial charge < -0.3 is 19.9 Å². The van der Waals surface area contributed by atoms with E-state index in [0.29, 0.717) is 22.7 Å². The molecule has 2 aromatic carbocycles. The average Bonchev–Trinajstić information content (AvgIpc) is 3.12. The van der Waals surface area contributed by atoms with E-state index in [-0.39, 0.29) is 5.75 Å². The Bertz CT molecular complexity index is 1120. The lowest BCUT2D eigenvalue weighted by Crippen LogP contribution is -2.13. The molecule has 2 N–H and O–H groups in total. The monoisotopic (exact) mass is 346 g/mol. The number of hydrogen-bond acceptors (Lipinski definition) is 4. The molecule has 0 bridgehead atoms. The minimum Gasteiger partial charge on any atom is -0.872 e. The first kappa shape index (κ1) is 16.0. The molecule has 2 aromatic heterocycles. The van der Waals surface area contributed by atoms with E-state index in [1.54, 1.807) is 19.1 Å². The van der Waals surface area contributed by atoms with Gasteiger partial charge in [-0.2, -0.15) is 0 Å². The van der Waals surface area contributed by atoms with Gasteiger partial charge in [0.05, 0.1) is 28.0 Å². The van der Waals surface area contributed by atoms with E-state index in [1.807, 2.05) is 35.8 Å². The van der Waals surface area contributed by atoms with E-state index in [9.17, 15) is 9.90 Å². The smallest absolute Gasteiger partial charge is 0.251 e. The third kappa shape index (κ3) is 2.27. The molecule has 26 heavy (non-hydrogen) atoms. The van der Waals surface area contributed by atoms with Gasteiger partial charge in [-0.1, -0.05) is 35.5 Å². The average molecular weight is 346 g/mol. The summed E-state index contributed by atoms with van der Waals surface area (Å²) < 4.78 is 7.24. The van der Waals surface area contributed by atoms with E-state index >= 15 is 0 Å². The molecule has 0 saturated heterocycles. The lowest BCUT2D eigenvalue weighted by Gasteiger charge is -2.13. The number of nitrogens with two attached hydrogens (primary N) is 1. The number of aromatic nitrogens is 2. The summed E-state index contributed by atoms with van der Waals surface area (Å²) in [6.07, 6.45) is 0. The molecule has 0 aliphatic rings. The van der Waals surface area contributed by atoms with Crippen molar-refractivity contribution in [1.82, 2.24) is 9.72 Å². The van der Waals surface area contributed by atoms with Crippen LogP contribution in [0, 0.1) is 13.8 Å². The minimum atomic E-state index is -0.532. The van der Waals surface area contributed by atoms with E-state index in [2.05, 4.69) is 5.16 Å². The first-order valence-electron chi connectivity index (χ1n) is 8.13. The first-order valence-corrected chi connectivity index (χ1v) is 8.13. The van der Waals surface area contributed by atoms with Gasteiger partial charge in [0, 0.05) is 11.1 Å². The molecule has 2 heterocycles. The van der Waals surface area contributed by atoms with E-state index < -0.39 is 5.91 Å². The summed E-state index contributed by atoms with van der Waals surface area (Å²) in [7, 11) is 0. The fourth-order valence-corrected chi connectivity index (χ4v) is 3.41. The number of benzene rings is 2. The van der Waals surface area contributed by atoms with Crippen LogP contribution in [0.25, 0.3) is 27.8 Å². The second-order valence-corrected chi connectivity index (χ2v) is 6.13. The van der Waals surface area contributed by atoms with Crippen LogP contribution in [0.3, 0.4) is 0 Å². The summed E-state index contributed by atoms with van der Waals surface area (Å²) in [5, 5.41) is 16.3. The molecule has 0 saturated carbocycles. The van der Waals surface area contributed by atoms with Crippen molar-refractivity contribution >= 4 is 16.8 Å². The van der Waals surface area contributed by atoms with E-state index in [4.69, 9.17) is 10.3 Å². The fraction of sp³-hybridized carbons (Fsp3) is 0.100. The maximum atomic E-state index is 12.4. The zero-order valence-corrected chi connectivity index (χ0v) is 14.3. The Morgan fingerprint density at radius 2 is 1.81 bits per heavy atom. The predicted octanol–water partition coefficient (Wildman–Crippen LogP) is 3.07. The van der Waals surface area contributed by atoms with Crippen LogP contribution in [0.2, 0.25) is 0 Å². The third-order valence-electron chi connectivity index (χ3n) is 4.49. The van der Waals surface area contributed by atoms with Crippen molar-refractivity contribution in [1.29, 1.82) is 0 Å². The van der Waals surface area contributed by atoms with Crippen molar-refractivity contribution in [2.75, 3.05) is 0 Å². The molecule has 0 radical (unpaired) electrons. The van der Waals surface area contributed by atoms with Crippen molar-refractivity contribution < 1.29 is 14.4 Å². The highest BCUT2D eigenvalue weighted by atomic mass is 16.5. The number of primary amides is 1. The van der Waals surface area contributed by atoms with Gasteiger partial charge in [-0.15, -0.1) is 5.75 Å². The molecule has 0 spiro atoms. The van der Waals surface area contributed by atoms with Gasteiger partial charge in [0.1, 0.15) is 5.76 Å². The molecule has 0 unspecified atom stereocenters. The van der Waals surface area contributed by atoms with Crippen molar-refractivity contribution in [2.45, 2.75) is 13.8 Å². The second kappa shape index (κ2) is 5.77. The summed E-state index contributed by atoms with van der Waals surface area (Å²) in [4.78, 5) is 12.4. The Hall–Kier alpha value is -3.54. The van der Waals surface area contributed by atoms with Crippen LogP contribution in [-0.2, 0) is 0 Å². The number of carbonyl (C=O) groups excluding carboxylic acids is 1. The van der Waals surface area contributed by atoms with Crippen molar-refractivity contribution in [3.63, 3.8) is 0 Å². The van der Waals surface area contributed by atoms with Gasteiger partial charge in [-0.3, -0.25) is 4.79 Å². The molecule has 1 amide bonds. The summed E-state index contributed by atoms with van der Waals surface area (Å²) in [6, 6.07) is 13.9. The maximum Gasteiger partial charge on any atom is 0.251 e. The lowest BCUT2D eigenvalue weighted by molar-refractivity contribution is -0.268. The van der Waals surface area contributed by atoms with Crippen LogP contribution in [0.15, 0.2) is 53.1 Å². The van der Waals surface area contributed by atoms with Crippen LogP contribution < -0.4 is 10.8 Å². The Kier molecular flexibility index (Phi) is 3.54. The molecular formula is C20H16N3O3-. The fourth-order valence-electron chi connectivity index (χ4n) is 3.41. The number of aryl methyl sites for hydroxylation is 2. The Morgan fingerprint density at radius 1 is 1.12 bits per heavy atom. The maximum absolute atomic E-state index is 12.4. The zero-order valence-electron chi connectivity index (χ0n) is 14.3. The molecule has 4 rings (SSSR count). The SMILES string of the molecule is Cc1noc(C)c1-c1c(C(N)=O)c2ccccc2n1-c1ccc([O-])cc1. The number of fused-ring (bicyclic) bond motifs is 1. The molecule has 6 heteroatoms. The number of hydrogen-bond donors (Lipinski definition) is 1. The Labute approximate surface area is 149 Å². The molecule has 130 valence electrons. The van der Waals surface area contributed by atoms with Gasteiger partial charge in [0.2, 0.25) is 0 Å². The topological polar surface area (TPSA) is 97.1 Å². The van der Waals surface area contributed by atoms with E-state index in [0.717, 1.165) is 22.2 Å². The number of nitrogens with zero attached hydrogens (tertiary/aromatic N) is 2. The van der Waals surface area contributed by atoms with Gasteiger partial charge in [0.15, 0.2) is 0 Å². The highest BCUT2D eigenvalue weighted by Crippen LogP contribution is 2.39. The molecule has 0 aliphatic heterocycles. The molecule has 6 nitrogen and oxygen atoms in total. The molecule has 0 atom stereocenters. The normalized spacial score (nSPS) is 11.2. The predicted molar refractivity (Wildman–Crippen MR) is 96.2 cm³/mol. The van der Waals surface area contributed by atoms with Gasteiger partial charge in [0.25, 0.3) is 5.91 Å². The summed E-state index contributed by atoms with van der Waals surface area (Å²) in [5.74, 6) is -0.0240. The van der Waals surface area contributed by atoms with Crippen LogP contribution in [0.5, 0.6) is 5.75 Å². The van der Waals surface area contributed by atoms with Crippen LogP contribution >= 0.6 is 0 Å². The number of carbonyl (C=O) groups is 1. The number of rotatable bonds is 3. The summed E-state index contributed by atoms with van der Waals surface area (Å²) in [5.41, 5.74) is 9.72. The van der Waals surface area contributed by atoms with Crippen molar-refractivity contribution in [3.8, 4) is 22.7 Å². The minimum absolute atomic E-state index is 0.0841. The van der Waals surface area contributed by atoms with Crippen molar-refractivity contribution in [3.05, 3.63) is 65.5 Å². The first-order chi connectivity index (χ1) is 12.5.